The summed E-state index contributed by atoms with van der Waals surface area (Å²) >= 11 is 0. The van der Waals surface area contributed by atoms with Gasteiger partial charge in [-0.2, -0.15) is 8.78 Å². The summed E-state index contributed by atoms with van der Waals surface area (Å²) in [5, 5.41) is 3.74. The van der Waals surface area contributed by atoms with E-state index in [-0.39, 0.29) is 57.3 Å². The van der Waals surface area contributed by atoms with Gasteiger partial charge < -0.3 is 82.7 Å². The predicted molar refractivity (Wildman–Crippen MR) is 281 cm³/mol. The number of fused-ring (bicyclic) bond motifs is 3. The summed E-state index contributed by atoms with van der Waals surface area (Å²) in [6.45, 7) is 13.6. The lowest BCUT2D eigenvalue weighted by atomic mass is 10.1. The smallest absolute Gasteiger partial charge is 0.313 e. The van der Waals surface area contributed by atoms with Crippen LogP contribution in [0.5, 0.6) is 5.75 Å². The normalized spacial score (nSPS) is 13.2. The van der Waals surface area contributed by atoms with E-state index in [0.29, 0.717) is 144 Å². The van der Waals surface area contributed by atoms with Gasteiger partial charge in [-0.3, -0.25) is 14.4 Å². The number of rotatable bonds is 43. The first kappa shape index (κ1) is 64.4. The maximum atomic E-state index is 13.6. The lowest BCUT2D eigenvalue weighted by Gasteiger charge is -2.37. The van der Waals surface area contributed by atoms with E-state index in [4.69, 9.17) is 62.8 Å². The highest BCUT2D eigenvalue weighted by molar-refractivity contribution is 6.07. The van der Waals surface area contributed by atoms with E-state index in [1.165, 1.54) is 0 Å². The number of amides is 2. The number of nitrogen functional groups attached to an aromatic ring is 1. The Morgan fingerprint density at radius 1 is 0.620 bits per heavy atom. The number of hydrogen-bond donors (Lipinski definition) is 3. The number of aromatic nitrogens is 3. The molecule has 1 aliphatic heterocycles. The first-order valence-corrected chi connectivity index (χ1v) is 26.8. The molecule has 3 heterocycles. The van der Waals surface area contributed by atoms with Gasteiger partial charge in [0.05, 0.1) is 157 Å². The number of benzene rings is 2. The van der Waals surface area contributed by atoms with E-state index in [2.05, 4.69) is 37.9 Å². The summed E-state index contributed by atoms with van der Waals surface area (Å²) in [5.41, 5.74) is 9.67. The van der Waals surface area contributed by atoms with E-state index >= 15 is 0 Å². The first-order chi connectivity index (χ1) is 38.5. The van der Waals surface area contributed by atoms with Gasteiger partial charge in [0.25, 0.3) is 0 Å². The molecular formula is C53H77F4N7O15. The highest BCUT2D eigenvalue weighted by Crippen LogP contribution is 2.31. The number of halogens is 4. The molecule has 0 unspecified atom stereocenters. The summed E-state index contributed by atoms with van der Waals surface area (Å²) in [6, 6.07) is 5.45. The molecule has 4 N–H and O–H groups in total. The minimum absolute atomic E-state index is 0.0149. The molecule has 2 amide bonds. The SMILES string of the molecule is CCCCc1nc2c([nH]1)c(N)nc1ccc(N3CCN(C(=O)[C@H](C)NC(=O)CCOCCOCCOCCOCCOCCOCCOCCOCCOCCOCCOCCC(=O)Oc4c(F)c(F)cc(F)c4F)CC3)cc12. The van der Waals surface area contributed by atoms with E-state index in [0.717, 1.165) is 52.7 Å². The predicted octanol–water partition coefficient (Wildman–Crippen LogP) is 4.31. The van der Waals surface area contributed by atoms with Crippen molar-refractivity contribution in [1.29, 1.82) is 0 Å². The standard InChI is InChI=1S/C53H77F4N7O15/c1-3-4-5-44-61-49-40-36-39(6-7-43(40)60-52(58)50(49)62-44)63-10-12-64(13-11-63)53(67)38(2)59-45(65)8-14-68-16-18-70-20-22-72-24-26-74-28-30-76-32-34-78-35-33-77-31-29-75-27-25-73-23-21-71-19-17-69-15-9-46(66)79-51-47(56)41(54)37-42(55)48(51)57/h6-7,36-38H,3-5,8-35H2,1-2H3,(H2,58,60)(H,59,65)(H,61,62)/t38-/m0/s1. The van der Waals surface area contributed by atoms with Gasteiger partial charge in [-0.1, -0.05) is 13.3 Å². The fraction of sp³-hybridized carbons (Fsp3) is 0.642. The number of imidazole rings is 1. The lowest BCUT2D eigenvalue weighted by molar-refractivity contribution is -0.136. The van der Waals surface area contributed by atoms with Gasteiger partial charge in [0.2, 0.25) is 29.2 Å². The Bertz CT molecular complexity index is 2390. The van der Waals surface area contributed by atoms with Gasteiger partial charge in [-0.05, 0) is 31.5 Å². The second-order valence-electron chi connectivity index (χ2n) is 17.8. The van der Waals surface area contributed by atoms with Gasteiger partial charge in [0.1, 0.15) is 28.7 Å². The van der Waals surface area contributed by atoms with E-state index in [9.17, 15) is 31.9 Å². The largest absolute Gasteiger partial charge is 0.420 e. The Morgan fingerprint density at radius 3 is 1.52 bits per heavy atom. The molecule has 442 valence electrons. The highest BCUT2D eigenvalue weighted by Gasteiger charge is 2.27. The molecule has 4 aromatic rings. The van der Waals surface area contributed by atoms with Crippen LogP contribution in [0.2, 0.25) is 0 Å². The summed E-state index contributed by atoms with van der Waals surface area (Å²) in [4.78, 5) is 54.4. The van der Waals surface area contributed by atoms with Crippen LogP contribution in [-0.4, -0.2) is 215 Å². The molecule has 79 heavy (non-hydrogen) atoms. The summed E-state index contributed by atoms with van der Waals surface area (Å²) in [5.74, 6) is -8.56. The minimum Gasteiger partial charge on any atom is -0.420 e. The van der Waals surface area contributed by atoms with Crippen molar-refractivity contribution in [2.75, 3.05) is 182 Å². The number of carbonyl (C=O) groups excluding carboxylic acids is 3. The molecule has 0 spiro atoms. The van der Waals surface area contributed by atoms with Crippen LogP contribution in [0.3, 0.4) is 0 Å². The van der Waals surface area contributed by atoms with Crippen molar-refractivity contribution in [3.05, 3.63) is 53.4 Å². The first-order valence-electron chi connectivity index (χ1n) is 26.8. The highest BCUT2D eigenvalue weighted by atomic mass is 19.2. The Kier molecular flexibility index (Phi) is 30.6. The number of anilines is 2. The number of piperazine rings is 1. The zero-order valence-electron chi connectivity index (χ0n) is 45.3. The van der Waals surface area contributed by atoms with Crippen LogP contribution in [0.1, 0.15) is 45.4 Å². The van der Waals surface area contributed by atoms with Gasteiger partial charge in [-0.25, -0.2) is 18.7 Å². The van der Waals surface area contributed by atoms with Crippen LogP contribution in [0.4, 0.5) is 29.1 Å². The van der Waals surface area contributed by atoms with E-state index in [1.54, 1.807) is 11.8 Å². The number of carbonyl (C=O) groups is 3. The van der Waals surface area contributed by atoms with E-state index in [1.807, 2.05) is 12.1 Å². The van der Waals surface area contributed by atoms with Gasteiger partial charge in [0, 0.05) is 56.2 Å². The van der Waals surface area contributed by atoms with Crippen LogP contribution in [0.15, 0.2) is 24.3 Å². The molecule has 26 heteroatoms. The van der Waals surface area contributed by atoms with Crippen LogP contribution in [-0.2, 0) is 72.9 Å². The maximum absolute atomic E-state index is 13.6. The second kappa shape index (κ2) is 37.5. The third-order valence-corrected chi connectivity index (χ3v) is 11.9. The van der Waals surface area contributed by atoms with Crippen LogP contribution < -0.4 is 20.7 Å². The number of unbranched alkanes of at least 4 members (excludes halogenated alkanes) is 1. The maximum Gasteiger partial charge on any atom is 0.313 e. The molecule has 22 nitrogen and oxygen atoms in total. The molecular weight excluding hydrogens is 1050 g/mol. The topological polar surface area (TPSA) is 248 Å². The zero-order valence-corrected chi connectivity index (χ0v) is 45.3. The number of nitrogens with zero attached hydrogens (tertiary/aromatic N) is 4. The number of nitrogens with two attached hydrogens (primary N) is 1. The van der Waals surface area contributed by atoms with Crippen molar-refractivity contribution in [3.8, 4) is 5.75 Å². The number of nitrogens with one attached hydrogen (secondary N) is 2. The second-order valence-corrected chi connectivity index (χ2v) is 17.8. The summed E-state index contributed by atoms with van der Waals surface area (Å²) in [6.07, 6.45) is 2.68. The molecule has 0 aliphatic carbocycles. The molecule has 2 aromatic carbocycles. The number of aryl methyl sites for hydroxylation is 1. The fourth-order valence-corrected chi connectivity index (χ4v) is 7.72. The number of hydrogen-bond acceptors (Lipinski definition) is 19. The molecule has 0 saturated carbocycles. The molecule has 1 fully saturated rings. The average molecular weight is 1130 g/mol. The number of aromatic amines is 1. The third-order valence-electron chi connectivity index (χ3n) is 11.9. The Hall–Kier alpha value is -5.39. The molecule has 1 saturated heterocycles. The number of ether oxygens (including phenoxy) is 12. The van der Waals surface area contributed by atoms with Crippen LogP contribution in [0.25, 0.3) is 21.9 Å². The zero-order chi connectivity index (χ0) is 56.5. The van der Waals surface area contributed by atoms with Crippen LogP contribution >= 0.6 is 0 Å². The van der Waals surface area contributed by atoms with Crippen molar-refractivity contribution in [2.24, 2.45) is 0 Å². The van der Waals surface area contributed by atoms with Gasteiger partial charge in [0.15, 0.2) is 11.6 Å². The van der Waals surface area contributed by atoms with Crippen molar-refractivity contribution in [1.82, 2.24) is 25.2 Å². The van der Waals surface area contributed by atoms with Crippen molar-refractivity contribution in [2.45, 2.75) is 52.0 Å². The van der Waals surface area contributed by atoms with Crippen molar-refractivity contribution < 1.29 is 88.8 Å². The van der Waals surface area contributed by atoms with Gasteiger partial charge in [-0.15, -0.1) is 0 Å². The minimum atomic E-state index is -1.80. The van der Waals surface area contributed by atoms with Gasteiger partial charge >= 0.3 is 5.97 Å². The number of H-pyrrole nitrogens is 1. The van der Waals surface area contributed by atoms with Crippen molar-refractivity contribution >= 4 is 51.2 Å². The molecule has 0 radical (unpaired) electrons. The third kappa shape index (κ3) is 23.7. The fourth-order valence-electron chi connectivity index (χ4n) is 7.72. The number of esters is 1. The molecule has 2 aromatic heterocycles. The lowest BCUT2D eigenvalue weighted by Crippen LogP contribution is -2.54. The molecule has 5 rings (SSSR count). The van der Waals surface area contributed by atoms with E-state index < -0.39 is 47.5 Å². The molecule has 0 bridgehead atoms. The number of pyridine rings is 1. The quantitative estimate of drug-likeness (QED) is 0.0184. The molecule has 1 aliphatic rings. The molecule has 1 atom stereocenters. The summed E-state index contributed by atoms with van der Waals surface area (Å²) in [7, 11) is 0. The summed E-state index contributed by atoms with van der Waals surface area (Å²) < 4.78 is 118. The Morgan fingerprint density at radius 2 is 1.06 bits per heavy atom. The average Bonchev–Trinajstić information content (AvgIpc) is 3.90. The van der Waals surface area contributed by atoms with Crippen molar-refractivity contribution in [3.63, 3.8) is 0 Å². The monoisotopic (exact) mass is 1130 g/mol. The Labute approximate surface area is 457 Å². The van der Waals surface area contributed by atoms with Crippen LogP contribution in [0, 0.1) is 23.3 Å². The Balaban J connectivity index is 0.709.